The van der Waals surface area contributed by atoms with E-state index in [1.54, 1.807) is 24.5 Å². The van der Waals surface area contributed by atoms with Gasteiger partial charge in [0.2, 0.25) is 11.8 Å². The van der Waals surface area contributed by atoms with E-state index in [0.29, 0.717) is 36.9 Å². The van der Waals surface area contributed by atoms with Gasteiger partial charge in [0.05, 0.1) is 12.3 Å². The highest BCUT2D eigenvalue weighted by Gasteiger charge is 2.31. The van der Waals surface area contributed by atoms with Crippen LogP contribution in [0, 0.1) is 0 Å². The van der Waals surface area contributed by atoms with E-state index in [9.17, 15) is 4.79 Å². The van der Waals surface area contributed by atoms with E-state index < -0.39 is 0 Å². The van der Waals surface area contributed by atoms with E-state index >= 15 is 0 Å². The van der Waals surface area contributed by atoms with Crippen LogP contribution in [-0.4, -0.2) is 39.1 Å². The molecule has 1 aromatic carbocycles. The molecule has 1 fully saturated rings. The first-order valence-electron chi connectivity index (χ1n) is 8.35. The maximum atomic E-state index is 12.5. The lowest BCUT2D eigenvalue weighted by Crippen LogP contribution is -2.28. The number of aromatic nitrogens is 3. The molecule has 1 aliphatic heterocycles. The predicted octanol–water partition coefficient (Wildman–Crippen LogP) is 2.69. The summed E-state index contributed by atoms with van der Waals surface area (Å²) in [7, 11) is 0. The topological polar surface area (TPSA) is 72.1 Å². The number of likely N-dealkylation sites (tertiary alicyclic amines) is 1. The second-order valence-electron chi connectivity index (χ2n) is 6.17. The minimum atomic E-state index is 0.0222. The van der Waals surface area contributed by atoms with Crippen LogP contribution in [0.1, 0.15) is 40.0 Å². The van der Waals surface area contributed by atoms with Crippen LogP contribution in [-0.2, 0) is 6.42 Å². The highest BCUT2D eigenvalue weighted by atomic mass is 16.4. The number of rotatable bonds is 4. The molecule has 3 heterocycles. The molecule has 126 valence electrons. The normalized spacial score (nSPS) is 17.0. The summed E-state index contributed by atoms with van der Waals surface area (Å²) < 4.78 is 5.84. The first-order chi connectivity index (χ1) is 12.3. The largest absolute Gasteiger partial charge is 0.425 e. The third kappa shape index (κ3) is 3.42. The minimum Gasteiger partial charge on any atom is -0.425 e. The van der Waals surface area contributed by atoms with E-state index in [2.05, 4.69) is 15.2 Å². The smallest absolute Gasteiger partial charge is 0.253 e. The van der Waals surface area contributed by atoms with E-state index in [1.807, 2.05) is 35.2 Å². The summed E-state index contributed by atoms with van der Waals surface area (Å²) in [5, 5.41) is 8.35. The minimum absolute atomic E-state index is 0.0222. The number of carbonyl (C=O) groups is 1. The van der Waals surface area contributed by atoms with Gasteiger partial charge in [-0.1, -0.05) is 30.3 Å². The molecule has 0 spiro atoms. The summed E-state index contributed by atoms with van der Waals surface area (Å²) in [6, 6.07) is 13.5. The molecular formula is C19H18N4O2. The van der Waals surface area contributed by atoms with Crippen LogP contribution < -0.4 is 0 Å². The van der Waals surface area contributed by atoms with Gasteiger partial charge in [-0.05, 0) is 24.1 Å². The summed E-state index contributed by atoms with van der Waals surface area (Å²) in [5.74, 6) is 1.35. The van der Waals surface area contributed by atoms with Crippen molar-refractivity contribution in [3.63, 3.8) is 0 Å². The Labute approximate surface area is 145 Å². The molecule has 1 saturated heterocycles. The molecule has 1 atom stereocenters. The van der Waals surface area contributed by atoms with Crippen molar-refractivity contribution in [2.24, 2.45) is 0 Å². The van der Waals surface area contributed by atoms with Gasteiger partial charge in [-0.2, -0.15) is 0 Å². The van der Waals surface area contributed by atoms with Crippen molar-refractivity contribution in [1.29, 1.82) is 0 Å². The predicted molar refractivity (Wildman–Crippen MR) is 91.0 cm³/mol. The summed E-state index contributed by atoms with van der Waals surface area (Å²) >= 11 is 0. The van der Waals surface area contributed by atoms with E-state index in [0.717, 1.165) is 12.0 Å². The quantitative estimate of drug-likeness (QED) is 0.733. The third-order valence-corrected chi connectivity index (χ3v) is 4.43. The second-order valence-corrected chi connectivity index (χ2v) is 6.17. The molecular weight excluding hydrogens is 316 g/mol. The molecule has 1 amide bonds. The lowest BCUT2D eigenvalue weighted by molar-refractivity contribution is 0.0789. The van der Waals surface area contributed by atoms with E-state index in [4.69, 9.17) is 4.42 Å². The van der Waals surface area contributed by atoms with Crippen LogP contribution in [0.5, 0.6) is 0 Å². The van der Waals surface area contributed by atoms with Crippen molar-refractivity contribution in [2.45, 2.75) is 18.8 Å². The highest BCUT2D eigenvalue weighted by Crippen LogP contribution is 2.27. The SMILES string of the molecule is O=C(c1ccncc1)N1CC[C@H](c2nnc(Cc3ccccc3)o2)C1. The molecule has 0 bridgehead atoms. The van der Waals surface area contributed by atoms with Gasteiger partial charge in [-0.15, -0.1) is 10.2 Å². The van der Waals surface area contributed by atoms with Crippen molar-refractivity contribution in [3.05, 3.63) is 77.8 Å². The average molecular weight is 334 g/mol. The molecule has 6 nitrogen and oxygen atoms in total. The molecule has 0 radical (unpaired) electrons. The fraction of sp³-hybridized carbons (Fsp3) is 0.263. The summed E-state index contributed by atoms with van der Waals surface area (Å²) in [6.07, 6.45) is 4.73. The van der Waals surface area contributed by atoms with Crippen molar-refractivity contribution in [1.82, 2.24) is 20.1 Å². The number of hydrogen-bond acceptors (Lipinski definition) is 5. The third-order valence-electron chi connectivity index (χ3n) is 4.43. The lowest BCUT2D eigenvalue weighted by atomic mass is 10.1. The second kappa shape index (κ2) is 6.84. The monoisotopic (exact) mass is 334 g/mol. The van der Waals surface area contributed by atoms with Crippen LogP contribution >= 0.6 is 0 Å². The van der Waals surface area contributed by atoms with Crippen molar-refractivity contribution < 1.29 is 9.21 Å². The van der Waals surface area contributed by atoms with Crippen LogP contribution in [0.15, 0.2) is 59.3 Å². The molecule has 2 aromatic heterocycles. The summed E-state index contributed by atoms with van der Waals surface area (Å²) in [4.78, 5) is 18.3. The number of hydrogen-bond donors (Lipinski definition) is 0. The van der Waals surface area contributed by atoms with Crippen LogP contribution in [0.3, 0.4) is 0 Å². The van der Waals surface area contributed by atoms with Gasteiger partial charge < -0.3 is 9.32 Å². The lowest BCUT2D eigenvalue weighted by Gasteiger charge is -2.15. The zero-order valence-corrected chi connectivity index (χ0v) is 13.7. The first kappa shape index (κ1) is 15.5. The Morgan fingerprint density at radius 3 is 2.72 bits per heavy atom. The van der Waals surface area contributed by atoms with Crippen molar-refractivity contribution >= 4 is 5.91 Å². The van der Waals surface area contributed by atoms with Gasteiger partial charge in [-0.3, -0.25) is 9.78 Å². The van der Waals surface area contributed by atoms with Crippen molar-refractivity contribution in [3.8, 4) is 0 Å². The Hall–Kier alpha value is -3.02. The van der Waals surface area contributed by atoms with Gasteiger partial charge in [0.25, 0.3) is 5.91 Å². The van der Waals surface area contributed by atoms with Gasteiger partial charge in [0, 0.05) is 31.0 Å². The standard InChI is InChI=1S/C19H18N4O2/c24-19(15-6-9-20-10-7-15)23-11-8-16(13-23)18-22-21-17(25-18)12-14-4-2-1-3-5-14/h1-7,9-10,16H,8,11-13H2/t16-/m0/s1. The van der Waals surface area contributed by atoms with Gasteiger partial charge in [0.1, 0.15) is 0 Å². The van der Waals surface area contributed by atoms with Crippen molar-refractivity contribution in [2.75, 3.05) is 13.1 Å². The number of nitrogens with zero attached hydrogens (tertiary/aromatic N) is 4. The molecule has 25 heavy (non-hydrogen) atoms. The molecule has 3 aromatic rings. The maximum Gasteiger partial charge on any atom is 0.253 e. The van der Waals surface area contributed by atoms with Crippen LogP contribution in [0.2, 0.25) is 0 Å². The molecule has 0 saturated carbocycles. The number of pyridine rings is 1. The van der Waals surface area contributed by atoms with Gasteiger partial charge in [-0.25, -0.2) is 0 Å². The zero-order chi connectivity index (χ0) is 17.1. The average Bonchev–Trinajstić information content (AvgIpc) is 3.32. The van der Waals surface area contributed by atoms with Gasteiger partial charge in [0.15, 0.2) is 0 Å². The zero-order valence-electron chi connectivity index (χ0n) is 13.7. The molecule has 6 heteroatoms. The Balaban J connectivity index is 1.41. The number of carbonyl (C=O) groups excluding carboxylic acids is 1. The Morgan fingerprint density at radius 1 is 1.12 bits per heavy atom. The number of benzene rings is 1. The number of amides is 1. The Bertz CT molecular complexity index is 848. The molecule has 0 aliphatic carbocycles. The molecule has 4 rings (SSSR count). The van der Waals surface area contributed by atoms with E-state index in [1.165, 1.54) is 0 Å². The summed E-state index contributed by atoms with van der Waals surface area (Å²) in [5.41, 5.74) is 1.80. The molecule has 0 unspecified atom stereocenters. The maximum absolute atomic E-state index is 12.5. The fourth-order valence-electron chi connectivity index (χ4n) is 3.10. The molecule has 0 N–H and O–H groups in total. The molecule has 1 aliphatic rings. The fourth-order valence-corrected chi connectivity index (χ4v) is 3.10. The van der Waals surface area contributed by atoms with E-state index in [-0.39, 0.29) is 11.8 Å². The Morgan fingerprint density at radius 2 is 1.92 bits per heavy atom. The highest BCUT2D eigenvalue weighted by molar-refractivity contribution is 5.94. The first-order valence-corrected chi connectivity index (χ1v) is 8.35. The summed E-state index contributed by atoms with van der Waals surface area (Å²) in [6.45, 7) is 1.30. The van der Waals surface area contributed by atoms with Gasteiger partial charge >= 0.3 is 0 Å². The van der Waals surface area contributed by atoms with Crippen LogP contribution in [0.4, 0.5) is 0 Å². The van der Waals surface area contributed by atoms with Crippen LogP contribution in [0.25, 0.3) is 0 Å². The Kier molecular flexibility index (Phi) is 4.24.